The second-order valence-electron chi connectivity index (χ2n) is 10.4. The molecule has 0 aromatic carbocycles. The summed E-state index contributed by atoms with van der Waals surface area (Å²) < 4.78 is 54.5. The maximum Gasteiger partial charge on any atom is 0.394 e. The average Bonchev–Trinajstić information content (AvgIpc) is 3.16. The molecule has 1 saturated carbocycles. The molecule has 0 spiro atoms. The highest BCUT2D eigenvalue weighted by Gasteiger charge is 2.60. The van der Waals surface area contributed by atoms with Gasteiger partial charge in [0.1, 0.15) is 42.7 Å². The summed E-state index contributed by atoms with van der Waals surface area (Å²) >= 11 is 0. The summed E-state index contributed by atoms with van der Waals surface area (Å²) in [6.45, 7) is 0.613. The zero-order valence-electron chi connectivity index (χ0n) is 24.3. The van der Waals surface area contributed by atoms with Crippen molar-refractivity contribution >= 4 is 28.6 Å². The fraction of sp³-hybridized carbons (Fsp3) is 0.857. The van der Waals surface area contributed by atoms with E-state index in [4.69, 9.17) is 58.8 Å². The van der Waals surface area contributed by atoms with Gasteiger partial charge in [-0.05, 0) is 14.0 Å². The van der Waals surface area contributed by atoms with Crippen molar-refractivity contribution in [3.63, 3.8) is 0 Å². The van der Waals surface area contributed by atoms with Gasteiger partial charge in [-0.3, -0.25) is 24.7 Å². The molecule has 0 aromatic rings. The number of hydrogen-bond donors (Lipinski definition) is 16. The summed E-state index contributed by atoms with van der Waals surface area (Å²) in [5, 5.41) is 96.4. The predicted molar refractivity (Wildman–Crippen MR) is 149 cm³/mol. The van der Waals surface area contributed by atoms with Gasteiger partial charge in [0.2, 0.25) is 0 Å². The molecule has 15 atom stereocenters. The molecular formula is C21H43N7O17S. The van der Waals surface area contributed by atoms with Crippen LogP contribution in [0.15, 0.2) is 0 Å². The third-order valence-electron chi connectivity index (χ3n) is 7.46. The van der Waals surface area contributed by atoms with Crippen LogP contribution < -0.4 is 27.4 Å². The Bertz CT molecular complexity index is 1130. The van der Waals surface area contributed by atoms with E-state index >= 15 is 0 Å². The first-order valence-electron chi connectivity index (χ1n) is 13.1. The molecule has 270 valence electrons. The molecular weight excluding hydrogens is 654 g/mol. The van der Waals surface area contributed by atoms with Crippen molar-refractivity contribution in [2.24, 2.45) is 11.5 Å². The first-order valence-corrected chi connectivity index (χ1v) is 14.5. The maximum atomic E-state index is 12.1. The van der Waals surface area contributed by atoms with Crippen LogP contribution in [0.2, 0.25) is 0 Å². The Morgan fingerprint density at radius 3 is 1.85 bits per heavy atom. The number of likely N-dealkylation sites (N-methyl/N-ethyl adjacent to an activating group) is 1. The number of guanidine groups is 2. The quantitative estimate of drug-likeness (QED) is 0.0460. The third kappa shape index (κ3) is 9.56. The van der Waals surface area contributed by atoms with E-state index in [-0.39, 0.29) is 11.8 Å². The molecule has 1 aliphatic carbocycles. The van der Waals surface area contributed by atoms with Crippen molar-refractivity contribution < 1.29 is 82.5 Å². The molecule has 0 amide bonds. The van der Waals surface area contributed by atoms with Gasteiger partial charge in [-0.25, -0.2) is 0 Å². The Labute approximate surface area is 261 Å². The van der Waals surface area contributed by atoms with Gasteiger partial charge in [-0.2, -0.15) is 8.42 Å². The van der Waals surface area contributed by atoms with Gasteiger partial charge in [-0.1, -0.05) is 0 Å². The molecule has 0 bridgehead atoms. The molecule has 2 saturated heterocycles. The fourth-order valence-corrected chi connectivity index (χ4v) is 5.18. The first kappa shape index (κ1) is 41.6. The van der Waals surface area contributed by atoms with E-state index in [1.807, 2.05) is 0 Å². The lowest BCUT2D eigenvalue weighted by atomic mass is 9.81. The zero-order chi connectivity index (χ0) is 34.6. The van der Waals surface area contributed by atoms with Crippen LogP contribution >= 0.6 is 0 Å². The van der Waals surface area contributed by atoms with Crippen LogP contribution in [0.1, 0.15) is 6.92 Å². The normalized spacial score (nSPS) is 42.5. The third-order valence-corrected chi connectivity index (χ3v) is 7.46. The number of hydrogen-bond acceptors (Lipinski definition) is 17. The van der Waals surface area contributed by atoms with Gasteiger partial charge in [-0.15, -0.1) is 0 Å². The number of aliphatic hydroxyl groups excluding tert-OH is 6. The number of aldehydes is 1. The monoisotopic (exact) mass is 697 g/mol. The van der Waals surface area contributed by atoms with E-state index < -0.39 is 120 Å². The summed E-state index contributed by atoms with van der Waals surface area (Å²) in [6, 6.07) is -3.95. The molecule has 0 radical (unpaired) electrons. The second-order valence-corrected chi connectivity index (χ2v) is 11.3. The fourth-order valence-electron chi connectivity index (χ4n) is 5.18. The lowest BCUT2D eigenvalue weighted by Gasteiger charge is -2.47. The minimum Gasteiger partial charge on any atom is -0.412 e. The van der Waals surface area contributed by atoms with E-state index in [2.05, 4.69) is 16.0 Å². The largest absolute Gasteiger partial charge is 0.412 e. The van der Waals surface area contributed by atoms with Gasteiger partial charge in [0, 0.05) is 0 Å². The van der Waals surface area contributed by atoms with Gasteiger partial charge in [0.25, 0.3) is 0 Å². The standard InChI is InChI=1S/C21H39N7O12.H2O4S.H2O/c1-5-21(36,4-30)16(40-17-9(26-2)13(34)10(31)6(3-29)38-17)18(37-5)39-15-8(28-20(24)25)11(32)7(27-19(22)23)12(33)14(15)35;1-5(2,3)4;/h4-18,26,29,31-36H,3H2,1-2H3,(H4,22,23,27)(H4,24,25,28);(H2,1,2,3,4);1H2/t5-,6-,7+,8-,9-,10-,11+,12-,13-,14+,15+,16-,17-,18-,21+;;/m0../s1. The minimum atomic E-state index is -4.67. The first-order chi connectivity index (χ1) is 20.7. The molecule has 46 heavy (non-hydrogen) atoms. The van der Waals surface area contributed by atoms with Crippen LogP contribution in [-0.4, -0.2) is 182 Å². The Kier molecular flexibility index (Phi) is 15.0. The summed E-state index contributed by atoms with van der Waals surface area (Å²) in [5.41, 5.74) is 8.38. The van der Waals surface area contributed by atoms with Crippen LogP contribution in [0, 0.1) is 10.8 Å². The van der Waals surface area contributed by atoms with Crippen molar-refractivity contribution in [1.82, 2.24) is 16.0 Å². The number of nitrogens with two attached hydrogens (primary N) is 2. The zero-order valence-corrected chi connectivity index (χ0v) is 25.1. The van der Waals surface area contributed by atoms with Crippen molar-refractivity contribution in [3.8, 4) is 0 Å². The van der Waals surface area contributed by atoms with Gasteiger partial charge < -0.3 is 87.6 Å². The minimum absolute atomic E-state index is 0. The highest BCUT2D eigenvalue weighted by atomic mass is 32.3. The van der Waals surface area contributed by atoms with Gasteiger partial charge in [0.05, 0.1) is 36.9 Å². The number of ether oxygens (including phenoxy) is 4. The lowest BCUT2D eigenvalue weighted by Crippen LogP contribution is -2.73. The van der Waals surface area contributed by atoms with Crippen LogP contribution in [0.25, 0.3) is 0 Å². The van der Waals surface area contributed by atoms with Crippen molar-refractivity contribution in [1.29, 1.82) is 10.8 Å². The van der Waals surface area contributed by atoms with Gasteiger partial charge in [0.15, 0.2) is 36.4 Å². The number of aliphatic hydroxyl groups is 7. The number of rotatable bonds is 9. The number of carbonyl (C=O) groups excluding carboxylic acids is 1. The van der Waals surface area contributed by atoms with Crippen LogP contribution in [-0.2, 0) is 34.1 Å². The van der Waals surface area contributed by atoms with Crippen LogP contribution in [0.5, 0.6) is 0 Å². The smallest absolute Gasteiger partial charge is 0.394 e. The highest BCUT2D eigenvalue weighted by Crippen LogP contribution is 2.37. The van der Waals surface area contributed by atoms with Crippen molar-refractivity contribution in [2.75, 3.05) is 13.7 Å². The molecule has 2 aliphatic heterocycles. The Morgan fingerprint density at radius 1 is 0.891 bits per heavy atom. The molecule has 24 nitrogen and oxygen atoms in total. The lowest BCUT2D eigenvalue weighted by molar-refractivity contribution is -0.314. The molecule has 25 heteroatoms. The maximum absolute atomic E-state index is 12.1. The molecule has 3 rings (SSSR count). The van der Waals surface area contributed by atoms with E-state index in [1.54, 1.807) is 0 Å². The van der Waals surface area contributed by atoms with E-state index in [0.717, 1.165) is 0 Å². The van der Waals surface area contributed by atoms with Gasteiger partial charge >= 0.3 is 10.4 Å². The van der Waals surface area contributed by atoms with E-state index in [0.29, 0.717) is 0 Å². The van der Waals surface area contributed by atoms with Crippen LogP contribution in [0.4, 0.5) is 0 Å². The molecule has 3 aliphatic rings. The van der Waals surface area contributed by atoms with E-state index in [9.17, 15) is 40.5 Å². The summed E-state index contributed by atoms with van der Waals surface area (Å²) in [5.74, 6) is -1.29. The topological polar surface area (TPSA) is 438 Å². The van der Waals surface area contributed by atoms with Crippen molar-refractivity contribution in [2.45, 2.75) is 98.2 Å². The summed E-state index contributed by atoms with van der Waals surface area (Å²) in [7, 11) is -3.25. The average molecular weight is 698 g/mol. The second kappa shape index (κ2) is 16.6. The summed E-state index contributed by atoms with van der Waals surface area (Å²) in [6.07, 6.45) is -17.3. The Balaban J connectivity index is 0.00000163. The Hall–Kier alpha value is -2.44. The van der Waals surface area contributed by atoms with E-state index in [1.165, 1.54) is 14.0 Å². The number of carbonyl (C=O) groups is 1. The van der Waals surface area contributed by atoms with Crippen LogP contribution in [0.3, 0.4) is 0 Å². The number of nitrogens with one attached hydrogen (secondary N) is 5. The SMILES string of the molecule is CN[C@@H]1[C@H](O[C@H]2[C@H](O[C@H]3[C@H](O)[C@@H](O)[C@H](NC(=N)N)[C@@H](O)[C@@H]3NC(=N)N)O[C@@H](C)[C@]2(O)C=O)O[C@@H](CO)[C@H](O)[C@H]1O.O.O=S(=O)(O)O. The summed E-state index contributed by atoms with van der Waals surface area (Å²) in [4.78, 5) is 12.1. The molecule has 0 aromatic heterocycles. The molecule has 20 N–H and O–H groups in total. The molecule has 2 heterocycles. The molecule has 3 fully saturated rings. The molecule has 0 unspecified atom stereocenters. The van der Waals surface area contributed by atoms with Crippen molar-refractivity contribution in [3.05, 3.63) is 0 Å². The predicted octanol–water partition coefficient (Wildman–Crippen LogP) is -9.22. The Morgan fingerprint density at radius 2 is 1.39 bits per heavy atom. The highest BCUT2D eigenvalue weighted by molar-refractivity contribution is 7.79.